The number of carbonyl (C=O) groups is 2. The van der Waals surface area contributed by atoms with E-state index in [1.54, 1.807) is 11.0 Å². The summed E-state index contributed by atoms with van der Waals surface area (Å²) in [5, 5.41) is 3.58. The summed E-state index contributed by atoms with van der Waals surface area (Å²) in [5.74, 6) is -0.419. The van der Waals surface area contributed by atoms with Crippen LogP contribution in [0.1, 0.15) is 52.5 Å². The number of hydrogen-bond donors (Lipinski definition) is 1. The Kier molecular flexibility index (Phi) is 11.3. The highest BCUT2D eigenvalue weighted by atomic mass is 35.5. The van der Waals surface area contributed by atoms with Crippen molar-refractivity contribution in [1.29, 1.82) is 0 Å². The average molecular weight is 571 g/mol. The maximum atomic E-state index is 13.5. The third kappa shape index (κ3) is 9.83. The molecule has 204 valence electrons. The molecule has 1 N–H and O–H groups in total. The van der Waals surface area contributed by atoms with Crippen LogP contribution in [-0.2, 0) is 26.0 Å². The van der Waals surface area contributed by atoms with E-state index in [1.807, 2.05) is 58.0 Å². The quantitative estimate of drug-likeness (QED) is 0.375. The lowest BCUT2D eigenvalue weighted by atomic mass is 10.0. The molecule has 0 bridgehead atoms. The van der Waals surface area contributed by atoms with Crippen LogP contribution in [0, 0.1) is 0 Å². The highest BCUT2D eigenvalue weighted by molar-refractivity contribution is 7.92. The van der Waals surface area contributed by atoms with Crippen LogP contribution in [0.5, 0.6) is 0 Å². The second kappa shape index (κ2) is 13.5. The lowest BCUT2D eigenvalue weighted by molar-refractivity contribution is -0.141. The fourth-order valence-corrected chi connectivity index (χ4v) is 5.41. The molecular weight excluding hydrogens is 533 g/mol. The van der Waals surface area contributed by atoms with Crippen molar-refractivity contribution in [1.82, 2.24) is 10.2 Å². The third-order valence-corrected chi connectivity index (χ3v) is 7.43. The summed E-state index contributed by atoms with van der Waals surface area (Å²) in [5.41, 5.74) is 0.886. The van der Waals surface area contributed by atoms with Gasteiger partial charge >= 0.3 is 0 Å². The summed E-state index contributed by atoms with van der Waals surface area (Å²) < 4.78 is 26.2. The second-order valence-electron chi connectivity index (χ2n) is 10.0. The van der Waals surface area contributed by atoms with E-state index in [4.69, 9.17) is 23.2 Å². The zero-order valence-corrected chi connectivity index (χ0v) is 24.5. The Balaban J connectivity index is 2.21. The molecule has 2 amide bonds. The van der Waals surface area contributed by atoms with Crippen molar-refractivity contribution in [2.24, 2.45) is 0 Å². The third-order valence-electron chi connectivity index (χ3n) is 5.70. The van der Waals surface area contributed by atoms with Gasteiger partial charge in [-0.25, -0.2) is 8.42 Å². The van der Waals surface area contributed by atoms with Gasteiger partial charge in [0.25, 0.3) is 0 Å². The van der Waals surface area contributed by atoms with Gasteiger partial charge in [0, 0.05) is 30.1 Å². The minimum atomic E-state index is -3.68. The van der Waals surface area contributed by atoms with Crippen molar-refractivity contribution in [2.45, 2.75) is 65.0 Å². The van der Waals surface area contributed by atoms with Gasteiger partial charge < -0.3 is 10.2 Å². The topological polar surface area (TPSA) is 86.8 Å². The van der Waals surface area contributed by atoms with Gasteiger partial charge in [0.1, 0.15) is 6.04 Å². The highest BCUT2D eigenvalue weighted by Crippen LogP contribution is 2.31. The SMILES string of the molecule is CCC(C(=O)NC(C)(C)C)N(CCc1ccccc1)C(=O)CCCN(c1cc(Cl)ccc1Cl)S(C)(=O)=O. The molecule has 0 aliphatic carbocycles. The predicted octanol–water partition coefficient (Wildman–Crippen LogP) is 5.30. The van der Waals surface area contributed by atoms with Crippen molar-refractivity contribution in [3.63, 3.8) is 0 Å². The Morgan fingerprint density at radius 2 is 1.68 bits per heavy atom. The first kappa shape index (κ1) is 30.9. The molecule has 0 aromatic heterocycles. The number of rotatable bonds is 12. The molecule has 2 rings (SSSR count). The molecule has 2 aromatic rings. The molecule has 0 spiro atoms. The van der Waals surface area contributed by atoms with E-state index in [0.717, 1.165) is 16.1 Å². The van der Waals surface area contributed by atoms with Gasteiger partial charge in [-0.1, -0.05) is 60.5 Å². The van der Waals surface area contributed by atoms with Crippen molar-refractivity contribution in [2.75, 3.05) is 23.7 Å². The lowest BCUT2D eigenvalue weighted by Crippen LogP contribution is -2.54. The monoisotopic (exact) mass is 569 g/mol. The number of anilines is 1. The van der Waals surface area contributed by atoms with Gasteiger partial charge in [0.2, 0.25) is 21.8 Å². The van der Waals surface area contributed by atoms with Crippen LogP contribution >= 0.6 is 23.2 Å². The number of amides is 2. The van der Waals surface area contributed by atoms with Gasteiger partial charge in [-0.15, -0.1) is 0 Å². The molecule has 1 unspecified atom stereocenters. The fourth-order valence-electron chi connectivity index (χ4n) is 4.01. The van der Waals surface area contributed by atoms with Crippen molar-refractivity contribution in [3.8, 4) is 0 Å². The number of carbonyl (C=O) groups excluding carboxylic acids is 2. The maximum Gasteiger partial charge on any atom is 0.243 e. The van der Waals surface area contributed by atoms with E-state index in [9.17, 15) is 18.0 Å². The van der Waals surface area contributed by atoms with E-state index in [0.29, 0.717) is 24.4 Å². The van der Waals surface area contributed by atoms with Crippen molar-refractivity contribution >= 4 is 50.7 Å². The smallest absolute Gasteiger partial charge is 0.243 e. The molecule has 2 aromatic carbocycles. The Morgan fingerprint density at radius 1 is 1.03 bits per heavy atom. The maximum absolute atomic E-state index is 13.5. The minimum Gasteiger partial charge on any atom is -0.350 e. The molecule has 7 nitrogen and oxygen atoms in total. The molecule has 37 heavy (non-hydrogen) atoms. The zero-order chi connectivity index (χ0) is 27.8. The number of nitrogens with zero attached hydrogens (tertiary/aromatic N) is 2. The van der Waals surface area contributed by atoms with Crippen LogP contribution in [-0.4, -0.2) is 56.1 Å². The van der Waals surface area contributed by atoms with Crippen LogP contribution in [0.4, 0.5) is 5.69 Å². The van der Waals surface area contributed by atoms with Gasteiger partial charge in [-0.3, -0.25) is 13.9 Å². The van der Waals surface area contributed by atoms with Crippen molar-refractivity contribution in [3.05, 3.63) is 64.1 Å². The van der Waals surface area contributed by atoms with Crippen LogP contribution in [0.3, 0.4) is 0 Å². The molecule has 0 aliphatic heterocycles. The van der Waals surface area contributed by atoms with E-state index in [-0.39, 0.29) is 41.9 Å². The minimum absolute atomic E-state index is 0.0438. The summed E-state index contributed by atoms with van der Waals surface area (Å²) in [6.07, 6.45) is 2.45. The Bertz CT molecular complexity index is 1170. The number of sulfonamides is 1. The second-order valence-corrected chi connectivity index (χ2v) is 12.8. The lowest BCUT2D eigenvalue weighted by Gasteiger charge is -2.33. The number of halogens is 2. The predicted molar refractivity (Wildman–Crippen MR) is 152 cm³/mol. The summed E-state index contributed by atoms with van der Waals surface area (Å²) in [6.45, 7) is 7.98. The van der Waals surface area contributed by atoms with Crippen LogP contribution in [0.15, 0.2) is 48.5 Å². The van der Waals surface area contributed by atoms with Crippen molar-refractivity contribution < 1.29 is 18.0 Å². The van der Waals surface area contributed by atoms with E-state index in [1.165, 1.54) is 12.1 Å². The number of benzene rings is 2. The van der Waals surface area contributed by atoms with E-state index < -0.39 is 21.6 Å². The Labute approximate surface area is 231 Å². The summed E-state index contributed by atoms with van der Waals surface area (Å²) >= 11 is 12.3. The molecule has 0 saturated carbocycles. The number of nitrogens with one attached hydrogen (secondary N) is 1. The summed E-state index contributed by atoms with van der Waals surface area (Å²) in [4.78, 5) is 28.2. The normalized spacial score (nSPS) is 12.6. The Morgan fingerprint density at radius 3 is 2.24 bits per heavy atom. The van der Waals surface area contributed by atoms with Gasteiger partial charge in [-0.2, -0.15) is 0 Å². The fraction of sp³-hybridized carbons (Fsp3) is 0.481. The standard InChI is InChI=1S/C27H37Cl2N3O4S/c1-6-23(26(34)30-27(2,3)4)31(18-16-20-11-8-7-9-12-20)25(33)13-10-17-32(37(5,35)36)24-19-21(28)14-15-22(24)29/h7-9,11-12,14-15,19,23H,6,10,13,16-18H2,1-5H3,(H,30,34). The first-order valence-electron chi connectivity index (χ1n) is 12.3. The average Bonchev–Trinajstić information content (AvgIpc) is 2.79. The molecule has 0 heterocycles. The summed E-state index contributed by atoms with van der Waals surface area (Å²) in [7, 11) is -3.68. The van der Waals surface area contributed by atoms with Gasteiger partial charge in [-0.05, 0) is 63.8 Å². The molecule has 0 saturated heterocycles. The van der Waals surface area contributed by atoms with E-state index in [2.05, 4.69) is 5.32 Å². The largest absolute Gasteiger partial charge is 0.350 e. The number of hydrogen-bond acceptors (Lipinski definition) is 4. The van der Waals surface area contributed by atoms with Crippen LogP contribution < -0.4 is 9.62 Å². The van der Waals surface area contributed by atoms with Gasteiger partial charge in [0.15, 0.2) is 0 Å². The Hall–Kier alpha value is -2.29. The molecule has 0 fully saturated rings. The highest BCUT2D eigenvalue weighted by Gasteiger charge is 2.30. The molecular formula is C27H37Cl2N3O4S. The first-order chi connectivity index (χ1) is 17.2. The van der Waals surface area contributed by atoms with Crippen LogP contribution in [0.2, 0.25) is 10.0 Å². The summed E-state index contributed by atoms with van der Waals surface area (Å²) in [6, 6.07) is 13.7. The molecule has 1 atom stereocenters. The van der Waals surface area contributed by atoms with Crippen LogP contribution in [0.25, 0.3) is 0 Å². The molecule has 10 heteroatoms. The van der Waals surface area contributed by atoms with E-state index >= 15 is 0 Å². The zero-order valence-electron chi connectivity index (χ0n) is 22.1. The first-order valence-corrected chi connectivity index (χ1v) is 14.9. The van der Waals surface area contributed by atoms with Gasteiger partial charge in [0.05, 0.1) is 17.0 Å². The molecule has 0 aliphatic rings. The molecule has 0 radical (unpaired) electrons.